The molecule has 1 saturated carbocycles. The van der Waals surface area contributed by atoms with Gasteiger partial charge in [-0.05, 0) is 32.9 Å². The summed E-state index contributed by atoms with van der Waals surface area (Å²) in [7, 11) is 1.94. The lowest BCUT2D eigenvalue weighted by molar-refractivity contribution is -0.131. The summed E-state index contributed by atoms with van der Waals surface area (Å²) in [6, 6.07) is 0.387. The first-order chi connectivity index (χ1) is 11.5. The minimum absolute atomic E-state index is 0.166. The second-order valence-electron chi connectivity index (χ2n) is 6.54. The minimum atomic E-state index is 0.166. The van der Waals surface area contributed by atoms with Crippen molar-refractivity contribution in [3.05, 3.63) is 17.0 Å². The standard InChI is InChI=1S/C17H25N5OS/c1-11-14(10-15(23)21(3)13-8-6-5-7-9-13)12(2)22-16(18-11)19-17(20-22)24-4/h13H,5-10H2,1-4H3. The molecule has 2 aromatic rings. The molecule has 3 rings (SSSR count). The van der Waals surface area contributed by atoms with E-state index >= 15 is 0 Å². The molecule has 0 bridgehead atoms. The van der Waals surface area contributed by atoms with Crippen molar-refractivity contribution in [1.29, 1.82) is 0 Å². The van der Waals surface area contributed by atoms with Gasteiger partial charge in [-0.2, -0.15) is 4.98 Å². The summed E-state index contributed by atoms with van der Waals surface area (Å²) in [5.41, 5.74) is 2.79. The molecule has 2 aromatic heterocycles. The summed E-state index contributed by atoms with van der Waals surface area (Å²) in [6.45, 7) is 3.94. The van der Waals surface area contributed by atoms with Crippen molar-refractivity contribution in [2.24, 2.45) is 0 Å². The van der Waals surface area contributed by atoms with Crippen LogP contribution in [0.15, 0.2) is 5.16 Å². The van der Waals surface area contributed by atoms with Crippen LogP contribution in [0.4, 0.5) is 0 Å². The first-order valence-corrected chi connectivity index (χ1v) is 9.76. The van der Waals surface area contributed by atoms with Gasteiger partial charge in [-0.1, -0.05) is 31.0 Å². The van der Waals surface area contributed by atoms with Crippen molar-refractivity contribution in [3.63, 3.8) is 0 Å². The van der Waals surface area contributed by atoms with Gasteiger partial charge < -0.3 is 4.90 Å². The Balaban J connectivity index is 1.84. The Morgan fingerprint density at radius 3 is 2.62 bits per heavy atom. The molecule has 130 valence electrons. The van der Waals surface area contributed by atoms with Crippen LogP contribution in [0.3, 0.4) is 0 Å². The van der Waals surface area contributed by atoms with Crippen LogP contribution in [0.5, 0.6) is 0 Å². The number of fused-ring (bicyclic) bond motifs is 1. The SMILES string of the molecule is CSc1nc2nc(C)c(CC(=O)N(C)C3CCCCC3)c(C)n2n1. The fourth-order valence-electron chi connectivity index (χ4n) is 3.48. The summed E-state index contributed by atoms with van der Waals surface area (Å²) in [5, 5.41) is 5.16. The first kappa shape index (κ1) is 17.2. The number of nitrogens with zero attached hydrogens (tertiary/aromatic N) is 5. The molecule has 1 aliphatic rings. The third-order valence-electron chi connectivity index (χ3n) is 5.06. The molecule has 0 aliphatic heterocycles. The van der Waals surface area contributed by atoms with Gasteiger partial charge in [0.05, 0.1) is 6.42 Å². The van der Waals surface area contributed by atoms with E-state index in [0.29, 0.717) is 23.4 Å². The van der Waals surface area contributed by atoms with E-state index in [-0.39, 0.29) is 5.91 Å². The molecule has 1 fully saturated rings. The molecule has 2 heterocycles. The predicted octanol–water partition coefficient (Wildman–Crippen LogP) is 2.80. The Morgan fingerprint density at radius 2 is 1.96 bits per heavy atom. The number of carbonyl (C=O) groups is 1. The van der Waals surface area contributed by atoms with E-state index in [4.69, 9.17) is 0 Å². The second-order valence-corrected chi connectivity index (χ2v) is 7.32. The fraction of sp³-hybridized carbons (Fsp3) is 0.647. The zero-order valence-electron chi connectivity index (χ0n) is 14.9. The minimum Gasteiger partial charge on any atom is -0.342 e. The number of aromatic nitrogens is 4. The lowest BCUT2D eigenvalue weighted by atomic mass is 9.94. The van der Waals surface area contributed by atoms with E-state index in [1.165, 1.54) is 31.0 Å². The van der Waals surface area contributed by atoms with Crippen LogP contribution in [0.25, 0.3) is 5.78 Å². The van der Waals surface area contributed by atoms with E-state index in [1.807, 2.05) is 32.1 Å². The first-order valence-electron chi connectivity index (χ1n) is 8.53. The molecule has 0 unspecified atom stereocenters. The van der Waals surface area contributed by atoms with E-state index in [9.17, 15) is 4.79 Å². The van der Waals surface area contributed by atoms with Crippen molar-refractivity contribution < 1.29 is 4.79 Å². The van der Waals surface area contributed by atoms with Crippen LogP contribution in [0, 0.1) is 13.8 Å². The molecule has 6 nitrogen and oxygen atoms in total. The highest BCUT2D eigenvalue weighted by molar-refractivity contribution is 7.98. The molecule has 0 aromatic carbocycles. The molecule has 24 heavy (non-hydrogen) atoms. The van der Waals surface area contributed by atoms with E-state index in [0.717, 1.165) is 29.8 Å². The zero-order chi connectivity index (χ0) is 17.3. The molecule has 0 saturated heterocycles. The number of aryl methyl sites for hydroxylation is 2. The Labute approximate surface area is 147 Å². The highest BCUT2D eigenvalue weighted by atomic mass is 32.2. The number of hydrogen-bond acceptors (Lipinski definition) is 5. The molecule has 1 amide bonds. The van der Waals surface area contributed by atoms with Crippen molar-refractivity contribution in [3.8, 4) is 0 Å². The lowest BCUT2D eigenvalue weighted by Gasteiger charge is -2.31. The van der Waals surface area contributed by atoms with Crippen molar-refractivity contribution in [2.45, 2.75) is 63.6 Å². The maximum Gasteiger partial charge on any atom is 0.253 e. The maximum absolute atomic E-state index is 12.8. The van der Waals surface area contributed by atoms with E-state index < -0.39 is 0 Å². The summed E-state index contributed by atoms with van der Waals surface area (Å²) in [4.78, 5) is 23.6. The molecule has 0 radical (unpaired) electrons. The van der Waals surface area contributed by atoms with Gasteiger partial charge in [-0.25, -0.2) is 9.50 Å². The van der Waals surface area contributed by atoms with E-state index in [2.05, 4.69) is 15.1 Å². The van der Waals surface area contributed by atoms with Crippen LogP contribution < -0.4 is 0 Å². The number of amides is 1. The molecule has 7 heteroatoms. The Kier molecular flexibility index (Phi) is 5.08. The van der Waals surface area contributed by atoms with Crippen LogP contribution in [0.2, 0.25) is 0 Å². The third-order valence-corrected chi connectivity index (χ3v) is 5.59. The monoisotopic (exact) mass is 347 g/mol. The summed E-state index contributed by atoms with van der Waals surface area (Å²) < 4.78 is 1.75. The number of hydrogen-bond donors (Lipinski definition) is 0. The van der Waals surface area contributed by atoms with Crippen LogP contribution >= 0.6 is 11.8 Å². The summed E-state index contributed by atoms with van der Waals surface area (Å²) in [6.07, 6.45) is 8.31. The van der Waals surface area contributed by atoms with E-state index in [1.54, 1.807) is 4.52 Å². The fourth-order valence-corrected chi connectivity index (χ4v) is 3.82. The van der Waals surface area contributed by atoms with Gasteiger partial charge >= 0.3 is 0 Å². The smallest absolute Gasteiger partial charge is 0.253 e. The molecular weight excluding hydrogens is 322 g/mol. The lowest BCUT2D eigenvalue weighted by Crippen LogP contribution is -2.39. The Hall–Kier alpha value is -1.63. The van der Waals surface area contributed by atoms with Gasteiger partial charge in [0.25, 0.3) is 5.78 Å². The van der Waals surface area contributed by atoms with Gasteiger partial charge in [0.2, 0.25) is 11.1 Å². The quantitative estimate of drug-likeness (QED) is 0.796. The van der Waals surface area contributed by atoms with Crippen LogP contribution in [0.1, 0.15) is 49.1 Å². The summed E-state index contributed by atoms with van der Waals surface area (Å²) >= 11 is 1.49. The average Bonchev–Trinajstić information content (AvgIpc) is 3.01. The third kappa shape index (κ3) is 3.27. The van der Waals surface area contributed by atoms with Gasteiger partial charge in [-0.15, -0.1) is 5.10 Å². The maximum atomic E-state index is 12.8. The highest BCUT2D eigenvalue weighted by Gasteiger charge is 2.24. The Morgan fingerprint density at radius 1 is 1.25 bits per heavy atom. The largest absolute Gasteiger partial charge is 0.342 e. The molecule has 0 spiro atoms. The molecule has 0 atom stereocenters. The van der Waals surface area contributed by atoms with Crippen molar-refractivity contribution >= 4 is 23.4 Å². The van der Waals surface area contributed by atoms with Crippen LogP contribution in [-0.2, 0) is 11.2 Å². The van der Waals surface area contributed by atoms with Gasteiger partial charge in [0, 0.05) is 30.0 Å². The number of rotatable bonds is 4. The van der Waals surface area contributed by atoms with Crippen LogP contribution in [-0.4, -0.2) is 49.7 Å². The average molecular weight is 347 g/mol. The highest BCUT2D eigenvalue weighted by Crippen LogP contribution is 2.23. The van der Waals surface area contributed by atoms with Gasteiger partial charge in [0.15, 0.2) is 0 Å². The zero-order valence-corrected chi connectivity index (χ0v) is 15.7. The predicted molar refractivity (Wildman–Crippen MR) is 95.4 cm³/mol. The van der Waals surface area contributed by atoms with Gasteiger partial charge in [-0.3, -0.25) is 4.79 Å². The second kappa shape index (κ2) is 7.09. The summed E-state index contributed by atoms with van der Waals surface area (Å²) in [5.74, 6) is 0.769. The van der Waals surface area contributed by atoms with Gasteiger partial charge in [0.1, 0.15) is 0 Å². The molecule has 0 N–H and O–H groups in total. The van der Waals surface area contributed by atoms with Crippen molar-refractivity contribution in [1.82, 2.24) is 24.5 Å². The number of carbonyl (C=O) groups excluding carboxylic acids is 1. The molecular formula is C17H25N5OS. The Bertz CT molecular complexity index is 751. The van der Waals surface area contributed by atoms with Crippen molar-refractivity contribution in [2.75, 3.05) is 13.3 Å². The topological polar surface area (TPSA) is 63.4 Å². The molecule has 1 aliphatic carbocycles. The number of thioether (sulfide) groups is 1. The normalized spacial score (nSPS) is 15.8. The number of likely N-dealkylation sites (N-methyl/N-ethyl adjacent to an activating group) is 1.